The summed E-state index contributed by atoms with van der Waals surface area (Å²) in [5.74, 6) is -0.303. The molecule has 0 saturated carbocycles. The van der Waals surface area contributed by atoms with Crippen LogP contribution in [0.25, 0.3) is 0 Å². The minimum absolute atomic E-state index is 0.193. The fraction of sp³-hybridized carbons (Fsp3) is 0.462. The second-order valence-electron chi connectivity index (χ2n) is 4.17. The molecule has 100 valence electrons. The van der Waals surface area contributed by atoms with Crippen molar-refractivity contribution in [2.24, 2.45) is 5.73 Å². The highest BCUT2D eigenvalue weighted by atomic mass is 79.9. The third-order valence-electron chi connectivity index (χ3n) is 3.10. The molecule has 0 amide bonds. The first-order valence-electron chi connectivity index (χ1n) is 5.98. The molecule has 2 nitrogen and oxygen atoms in total. The molecular weight excluding hydrogens is 315 g/mol. The molecule has 1 unspecified atom stereocenters. The van der Waals surface area contributed by atoms with Gasteiger partial charge in [-0.2, -0.15) is 0 Å². The summed E-state index contributed by atoms with van der Waals surface area (Å²) in [6.45, 7) is 6.94. The fourth-order valence-corrected chi connectivity index (χ4v) is 2.74. The Hall–Kier alpha value is -0.680. The van der Waals surface area contributed by atoms with Gasteiger partial charge in [-0.1, -0.05) is 19.1 Å². The van der Waals surface area contributed by atoms with E-state index in [0.717, 1.165) is 13.0 Å². The minimum Gasteiger partial charge on any atom is -0.389 e. The molecule has 1 aromatic rings. The average Bonchev–Trinajstić information content (AvgIpc) is 2.34. The van der Waals surface area contributed by atoms with Crippen molar-refractivity contribution < 1.29 is 4.39 Å². The second-order valence-corrected chi connectivity index (χ2v) is 5.40. The van der Waals surface area contributed by atoms with Gasteiger partial charge in [0.1, 0.15) is 4.99 Å². The number of halogens is 2. The molecule has 0 aromatic heterocycles. The number of hydrogen-bond acceptors (Lipinski definition) is 2. The van der Waals surface area contributed by atoms with Crippen LogP contribution in [0.3, 0.4) is 0 Å². The lowest BCUT2D eigenvalue weighted by Crippen LogP contribution is -2.33. The lowest BCUT2D eigenvalue weighted by molar-refractivity contribution is 0.579. The van der Waals surface area contributed by atoms with E-state index in [1.807, 2.05) is 11.8 Å². The van der Waals surface area contributed by atoms with E-state index < -0.39 is 0 Å². The van der Waals surface area contributed by atoms with E-state index in [-0.39, 0.29) is 16.8 Å². The monoisotopic (exact) mass is 332 g/mol. The van der Waals surface area contributed by atoms with Gasteiger partial charge in [0.05, 0.1) is 10.2 Å². The molecule has 0 aliphatic heterocycles. The van der Waals surface area contributed by atoms with Crippen molar-refractivity contribution in [3.63, 3.8) is 0 Å². The van der Waals surface area contributed by atoms with Crippen molar-refractivity contribution in [3.8, 4) is 0 Å². The van der Waals surface area contributed by atoms with Crippen molar-refractivity contribution in [1.29, 1.82) is 0 Å². The van der Waals surface area contributed by atoms with Crippen LogP contribution in [-0.2, 0) is 0 Å². The Bertz CT molecular complexity index is 451. The lowest BCUT2D eigenvalue weighted by atomic mass is 10.1. The largest absolute Gasteiger partial charge is 0.389 e. The van der Waals surface area contributed by atoms with Gasteiger partial charge in [-0.3, -0.25) is 0 Å². The number of rotatable bonds is 5. The number of hydrogen-bond donors (Lipinski definition) is 1. The molecule has 1 atom stereocenters. The topological polar surface area (TPSA) is 29.3 Å². The van der Waals surface area contributed by atoms with Crippen molar-refractivity contribution in [3.05, 3.63) is 28.0 Å². The van der Waals surface area contributed by atoms with Crippen LogP contribution in [0.5, 0.6) is 0 Å². The summed E-state index contributed by atoms with van der Waals surface area (Å²) in [6, 6.07) is 3.78. The van der Waals surface area contributed by atoms with Gasteiger partial charge in [0.2, 0.25) is 0 Å². The maximum absolute atomic E-state index is 14.4. The van der Waals surface area contributed by atoms with E-state index in [1.54, 1.807) is 12.1 Å². The first kappa shape index (κ1) is 15.4. The summed E-state index contributed by atoms with van der Waals surface area (Å²) in [4.78, 5) is 2.22. The smallest absolute Gasteiger partial charge is 0.161 e. The molecule has 0 radical (unpaired) electrons. The third kappa shape index (κ3) is 3.01. The van der Waals surface area contributed by atoms with E-state index in [0.29, 0.717) is 15.7 Å². The van der Waals surface area contributed by atoms with Gasteiger partial charge in [0, 0.05) is 18.2 Å². The van der Waals surface area contributed by atoms with Crippen molar-refractivity contribution in [1.82, 2.24) is 0 Å². The van der Waals surface area contributed by atoms with Crippen LogP contribution in [0, 0.1) is 5.82 Å². The van der Waals surface area contributed by atoms with Gasteiger partial charge >= 0.3 is 0 Å². The Morgan fingerprint density at radius 1 is 1.50 bits per heavy atom. The van der Waals surface area contributed by atoms with E-state index in [1.165, 1.54) is 0 Å². The summed E-state index contributed by atoms with van der Waals surface area (Å²) in [5.41, 5.74) is 6.67. The molecule has 0 spiro atoms. The molecule has 1 aromatic carbocycles. The van der Waals surface area contributed by atoms with Gasteiger partial charge < -0.3 is 10.6 Å². The molecule has 5 heteroatoms. The maximum Gasteiger partial charge on any atom is 0.161 e. The Labute approximate surface area is 121 Å². The molecule has 0 saturated heterocycles. The zero-order chi connectivity index (χ0) is 13.9. The minimum atomic E-state index is -0.303. The molecule has 0 fully saturated rings. The van der Waals surface area contributed by atoms with Gasteiger partial charge in [-0.15, -0.1) is 0 Å². The number of thiocarbonyl (C=S) groups is 1. The third-order valence-corrected chi connectivity index (χ3v) is 4.10. The van der Waals surface area contributed by atoms with Crippen LogP contribution < -0.4 is 10.6 Å². The molecular formula is C13H18BrFN2S. The van der Waals surface area contributed by atoms with Crippen molar-refractivity contribution in [2.75, 3.05) is 11.4 Å². The predicted octanol–water partition coefficient (Wildman–Crippen LogP) is 3.85. The number of anilines is 1. The Kier molecular flexibility index (Phi) is 5.53. The second kappa shape index (κ2) is 6.48. The number of benzene rings is 1. The van der Waals surface area contributed by atoms with Crippen LogP contribution in [-0.4, -0.2) is 17.6 Å². The van der Waals surface area contributed by atoms with E-state index in [9.17, 15) is 4.39 Å². The van der Waals surface area contributed by atoms with Crippen LogP contribution >= 0.6 is 28.1 Å². The van der Waals surface area contributed by atoms with Crippen LogP contribution in [0.4, 0.5) is 10.1 Å². The van der Waals surface area contributed by atoms with Gasteiger partial charge in [0.15, 0.2) is 5.82 Å². The summed E-state index contributed by atoms with van der Waals surface area (Å²) < 4.78 is 14.7. The fourth-order valence-electron chi connectivity index (χ4n) is 1.89. The summed E-state index contributed by atoms with van der Waals surface area (Å²) in [6.07, 6.45) is 0.960. The molecule has 1 rings (SSSR count). The zero-order valence-electron chi connectivity index (χ0n) is 10.8. The van der Waals surface area contributed by atoms with Crippen molar-refractivity contribution in [2.45, 2.75) is 33.2 Å². The van der Waals surface area contributed by atoms with Crippen molar-refractivity contribution >= 4 is 38.8 Å². The molecule has 0 aliphatic carbocycles. The summed E-state index contributed by atoms with van der Waals surface area (Å²) in [7, 11) is 0. The average molecular weight is 333 g/mol. The molecule has 0 bridgehead atoms. The normalized spacial score (nSPS) is 12.3. The predicted molar refractivity (Wildman–Crippen MR) is 82.8 cm³/mol. The Morgan fingerprint density at radius 2 is 2.11 bits per heavy atom. The first-order valence-corrected chi connectivity index (χ1v) is 7.18. The van der Waals surface area contributed by atoms with Gasteiger partial charge in [0.25, 0.3) is 0 Å². The van der Waals surface area contributed by atoms with Crippen LogP contribution in [0.15, 0.2) is 16.6 Å². The number of nitrogens with zero attached hydrogens (tertiary/aromatic N) is 1. The SMILES string of the molecule is CCC(C)N(CC)c1ccc(C(N)=S)c(Br)c1F. The van der Waals surface area contributed by atoms with E-state index in [4.69, 9.17) is 18.0 Å². The quantitative estimate of drug-likeness (QED) is 0.830. The summed E-state index contributed by atoms with van der Waals surface area (Å²) in [5, 5.41) is 0. The molecule has 2 N–H and O–H groups in total. The zero-order valence-corrected chi connectivity index (χ0v) is 13.2. The van der Waals surface area contributed by atoms with Gasteiger partial charge in [-0.05, 0) is 48.3 Å². The van der Waals surface area contributed by atoms with E-state index >= 15 is 0 Å². The van der Waals surface area contributed by atoms with E-state index in [2.05, 4.69) is 29.8 Å². The highest BCUT2D eigenvalue weighted by Gasteiger charge is 2.19. The maximum atomic E-state index is 14.4. The first-order chi connectivity index (χ1) is 8.43. The Morgan fingerprint density at radius 3 is 2.56 bits per heavy atom. The molecule has 0 heterocycles. The molecule has 18 heavy (non-hydrogen) atoms. The van der Waals surface area contributed by atoms with Crippen LogP contribution in [0.2, 0.25) is 0 Å². The molecule has 0 aliphatic rings. The highest BCUT2D eigenvalue weighted by Crippen LogP contribution is 2.30. The van der Waals surface area contributed by atoms with Gasteiger partial charge in [-0.25, -0.2) is 4.39 Å². The standard InChI is InChI=1S/C13H18BrFN2S/c1-4-8(3)17(5-2)10-7-6-9(13(16)18)11(14)12(10)15/h6-8H,4-5H2,1-3H3,(H2,16,18). The van der Waals surface area contributed by atoms with Crippen LogP contribution in [0.1, 0.15) is 32.8 Å². The highest BCUT2D eigenvalue weighted by molar-refractivity contribution is 9.10. The summed E-state index contributed by atoms with van der Waals surface area (Å²) >= 11 is 8.12. The lowest BCUT2D eigenvalue weighted by Gasteiger charge is -2.30. The Balaban J connectivity index is 3.26. The number of nitrogens with two attached hydrogens (primary N) is 1.